The van der Waals surface area contributed by atoms with Gasteiger partial charge in [-0.1, -0.05) is 43.8 Å². The Bertz CT molecular complexity index is 1240. The lowest BCUT2D eigenvalue weighted by Gasteiger charge is -2.28. The molecular formula is C23H26N6O3S. The molecule has 1 N–H and O–H groups in total. The van der Waals surface area contributed by atoms with Gasteiger partial charge in [-0.05, 0) is 12.1 Å². The van der Waals surface area contributed by atoms with Crippen molar-refractivity contribution in [1.29, 1.82) is 0 Å². The van der Waals surface area contributed by atoms with Crippen molar-refractivity contribution in [1.82, 2.24) is 25.1 Å². The van der Waals surface area contributed by atoms with Crippen LogP contribution in [0.4, 0.5) is 5.82 Å². The number of carbonyl (C=O) groups is 1. The number of amides is 1. The van der Waals surface area contributed by atoms with Gasteiger partial charge in [0.1, 0.15) is 11.4 Å². The predicted octanol–water partition coefficient (Wildman–Crippen LogP) is 3.34. The van der Waals surface area contributed by atoms with E-state index in [0.29, 0.717) is 42.9 Å². The molecule has 1 aliphatic rings. The normalized spacial score (nSPS) is 14.5. The number of fused-ring (bicyclic) bond motifs is 2. The maximum Gasteiger partial charge on any atom is 0.287 e. The number of rotatable bonds is 7. The number of ether oxygens (including phenoxy) is 1. The first-order chi connectivity index (χ1) is 16.1. The lowest BCUT2D eigenvalue weighted by atomic mass is 10.2. The number of hydrogen-bond acceptors (Lipinski definition) is 8. The van der Waals surface area contributed by atoms with E-state index >= 15 is 0 Å². The molecule has 33 heavy (non-hydrogen) atoms. The summed E-state index contributed by atoms with van der Waals surface area (Å²) in [5.74, 6) is 0.945. The Hall–Kier alpha value is -3.11. The average Bonchev–Trinajstić information content (AvgIpc) is 3.43. The fraction of sp³-hybridized carbons (Fsp3) is 0.391. The van der Waals surface area contributed by atoms with E-state index in [9.17, 15) is 4.79 Å². The lowest BCUT2D eigenvalue weighted by Crippen LogP contribution is -2.37. The summed E-state index contributed by atoms with van der Waals surface area (Å²) in [5.41, 5.74) is 1.47. The molecule has 1 saturated heterocycles. The number of carbonyl (C=O) groups excluding carboxylic acids is 1. The monoisotopic (exact) mass is 466 g/mol. The van der Waals surface area contributed by atoms with Crippen LogP contribution in [0.5, 0.6) is 0 Å². The minimum atomic E-state index is -0.248. The van der Waals surface area contributed by atoms with Crippen molar-refractivity contribution in [2.45, 2.75) is 30.8 Å². The lowest BCUT2D eigenvalue weighted by molar-refractivity contribution is 0.0926. The second kappa shape index (κ2) is 9.40. The summed E-state index contributed by atoms with van der Waals surface area (Å²) in [6.07, 6.45) is 1.81. The average molecular weight is 467 g/mol. The highest BCUT2D eigenvalue weighted by molar-refractivity contribution is 7.99. The maximum absolute atomic E-state index is 12.6. The Morgan fingerprint density at radius 1 is 1.21 bits per heavy atom. The van der Waals surface area contributed by atoms with Gasteiger partial charge in [-0.2, -0.15) is 5.10 Å². The van der Waals surface area contributed by atoms with Crippen LogP contribution in [0.25, 0.3) is 22.0 Å². The number of para-hydroxylation sites is 1. The summed E-state index contributed by atoms with van der Waals surface area (Å²) >= 11 is 1.63. The predicted molar refractivity (Wildman–Crippen MR) is 128 cm³/mol. The standard InChI is InChI=1S/C23H26N6O3S/c1-15(2)33-23-26-20(28-9-11-31-12-10-28)17-14-25-29(21(17)27-23)8-7-24-22(30)19-13-16-5-3-4-6-18(16)32-19/h3-6,13-15H,7-12H2,1-2H3,(H,24,30). The highest BCUT2D eigenvalue weighted by Gasteiger charge is 2.21. The minimum absolute atomic E-state index is 0.248. The number of hydrogen-bond donors (Lipinski definition) is 1. The number of furan rings is 1. The number of nitrogens with zero attached hydrogens (tertiary/aromatic N) is 5. The van der Waals surface area contributed by atoms with Crippen LogP contribution in [0.15, 0.2) is 46.1 Å². The first-order valence-corrected chi connectivity index (χ1v) is 12.0. The zero-order valence-corrected chi connectivity index (χ0v) is 19.5. The molecule has 10 heteroatoms. The molecular weight excluding hydrogens is 440 g/mol. The molecule has 4 heterocycles. The van der Waals surface area contributed by atoms with E-state index < -0.39 is 0 Å². The fourth-order valence-corrected chi connectivity index (χ4v) is 4.52. The second-order valence-corrected chi connectivity index (χ2v) is 9.65. The Labute approximate surface area is 195 Å². The van der Waals surface area contributed by atoms with Crippen LogP contribution in [0.2, 0.25) is 0 Å². The third kappa shape index (κ3) is 4.67. The summed E-state index contributed by atoms with van der Waals surface area (Å²) in [4.78, 5) is 24.4. The van der Waals surface area contributed by atoms with Crippen LogP contribution < -0.4 is 10.2 Å². The van der Waals surface area contributed by atoms with Crippen LogP contribution in [0.3, 0.4) is 0 Å². The van der Waals surface area contributed by atoms with Crippen molar-refractivity contribution in [3.63, 3.8) is 0 Å². The fourth-order valence-electron chi connectivity index (χ4n) is 3.82. The molecule has 3 aromatic heterocycles. The molecule has 0 atom stereocenters. The molecule has 0 saturated carbocycles. The number of benzene rings is 1. The molecule has 1 fully saturated rings. The maximum atomic E-state index is 12.6. The van der Waals surface area contributed by atoms with Gasteiger partial charge in [-0.15, -0.1) is 0 Å². The number of morpholine rings is 1. The van der Waals surface area contributed by atoms with Crippen molar-refractivity contribution in [3.8, 4) is 0 Å². The number of anilines is 1. The molecule has 172 valence electrons. The molecule has 5 rings (SSSR count). The number of thioether (sulfide) groups is 1. The summed E-state index contributed by atoms with van der Waals surface area (Å²) in [5, 5.41) is 10.4. The molecule has 0 radical (unpaired) electrons. The van der Waals surface area contributed by atoms with Gasteiger partial charge in [-0.25, -0.2) is 14.6 Å². The van der Waals surface area contributed by atoms with Gasteiger partial charge in [0.2, 0.25) is 0 Å². The van der Waals surface area contributed by atoms with Crippen LogP contribution in [0.1, 0.15) is 24.4 Å². The highest BCUT2D eigenvalue weighted by atomic mass is 32.2. The van der Waals surface area contributed by atoms with Crippen molar-refractivity contribution in [3.05, 3.63) is 42.3 Å². The van der Waals surface area contributed by atoms with Crippen LogP contribution in [0, 0.1) is 0 Å². The summed E-state index contributed by atoms with van der Waals surface area (Å²) in [7, 11) is 0. The first kappa shape index (κ1) is 21.7. The summed E-state index contributed by atoms with van der Waals surface area (Å²) in [6.45, 7) is 8.07. The third-order valence-electron chi connectivity index (χ3n) is 5.37. The Kier molecular flexibility index (Phi) is 6.19. The molecule has 0 spiro atoms. The quantitative estimate of drug-likeness (QED) is 0.327. The van der Waals surface area contributed by atoms with Crippen molar-refractivity contribution >= 4 is 45.5 Å². The van der Waals surface area contributed by atoms with Crippen LogP contribution >= 0.6 is 11.8 Å². The van der Waals surface area contributed by atoms with E-state index in [1.165, 1.54) is 0 Å². The van der Waals surface area contributed by atoms with Crippen LogP contribution in [-0.4, -0.2) is 63.8 Å². The van der Waals surface area contributed by atoms with Gasteiger partial charge in [0.25, 0.3) is 5.91 Å². The largest absolute Gasteiger partial charge is 0.451 e. The molecule has 1 aromatic carbocycles. The minimum Gasteiger partial charge on any atom is -0.451 e. The Balaban J connectivity index is 1.34. The van der Waals surface area contributed by atoms with E-state index in [2.05, 4.69) is 29.2 Å². The van der Waals surface area contributed by atoms with E-state index in [1.807, 2.05) is 35.1 Å². The topological polar surface area (TPSA) is 98.3 Å². The van der Waals surface area contributed by atoms with Crippen molar-refractivity contribution < 1.29 is 13.9 Å². The van der Waals surface area contributed by atoms with E-state index in [0.717, 1.165) is 40.5 Å². The highest BCUT2D eigenvalue weighted by Crippen LogP contribution is 2.29. The zero-order chi connectivity index (χ0) is 22.8. The van der Waals surface area contributed by atoms with E-state index in [1.54, 1.807) is 17.8 Å². The molecule has 1 amide bonds. The molecule has 0 unspecified atom stereocenters. The van der Waals surface area contributed by atoms with Gasteiger partial charge in [0.05, 0.1) is 31.3 Å². The zero-order valence-electron chi connectivity index (χ0n) is 18.7. The molecule has 0 bridgehead atoms. The van der Waals surface area contributed by atoms with E-state index in [4.69, 9.17) is 19.1 Å². The first-order valence-electron chi connectivity index (χ1n) is 11.1. The number of nitrogens with one attached hydrogen (secondary N) is 1. The smallest absolute Gasteiger partial charge is 0.287 e. The van der Waals surface area contributed by atoms with Crippen LogP contribution in [-0.2, 0) is 11.3 Å². The van der Waals surface area contributed by atoms with Crippen molar-refractivity contribution in [2.75, 3.05) is 37.7 Å². The van der Waals surface area contributed by atoms with Gasteiger partial charge in [-0.3, -0.25) is 4.79 Å². The Morgan fingerprint density at radius 2 is 2.03 bits per heavy atom. The molecule has 0 aliphatic carbocycles. The summed E-state index contributed by atoms with van der Waals surface area (Å²) in [6, 6.07) is 9.33. The van der Waals surface area contributed by atoms with Gasteiger partial charge >= 0.3 is 0 Å². The van der Waals surface area contributed by atoms with Gasteiger partial charge in [0.15, 0.2) is 16.6 Å². The molecule has 9 nitrogen and oxygen atoms in total. The third-order valence-corrected chi connectivity index (χ3v) is 6.23. The summed E-state index contributed by atoms with van der Waals surface area (Å²) < 4.78 is 13.0. The van der Waals surface area contributed by atoms with Crippen molar-refractivity contribution in [2.24, 2.45) is 0 Å². The molecule has 1 aliphatic heterocycles. The second-order valence-electron chi connectivity index (χ2n) is 8.11. The SMILES string of the molecule is CC(C)Sc1nc(N2CCOCC2)c2cnn(CCNC(=O)c3cc4ccccc4o3)c2n1. The molecule has 4 aromatic rings. The van der Waals surface area contributed by atoms with E-state index in [-0.39, 0.29) is 5.91 Å². The van der Waals surface area contributed by atoms with Gasteiger partial charge < -0.3 is 19.4 Å². The number of aromatic nitrogens is 4. The Morgan fingerprint density at radius 3 is 2.82 bits per heavy atom. The van der Waals surface area contributed by atoms with Gasteiger partial charge in [0, 0.05) is 30.3 Å².